The molecule has 1 unspecified atom stereocenters. The average Bonchev–Trinajstić information content (AvgIpc) is 2.41. The third-order valence-electron chi connectivity index (χ3n) is 2.74. The van der Waals surface area contributed by atoms with E-state index in [0.717, 1.165) is 11.3 Å². The van der Waals surface area contributed by atoms with E-state index in [9.17, 15) is 9.90 Å². The Morgan fingerprint density at radius 1 is 1.17 bits per heavy atom. The van der Waals surface area contributed by atoms with Crippen LogP contribution in [-0.2, 0) is 6.54 Å². The van der Waals surface area contributed by atoms with Gasteiger partial charge in [-0.15, -0.1) is 0 Å². The van der Waals surface area contributed by atoms with Crippen molar-refractivity contribution in [3.05, 3.63) is 64.6 Å². The maximum absolute atomic E-state index is 11.0. The molecular weight excluding hydrogens is 230 g/mol. The molecule has 0 aliphatic heterocycles. The third kappa shape index (κ3) is 2.99. The molecule has 1 aromatic carbocycles. The number of rotatable bonds is 4. The van der Waals surface area contributed by atoms with Gasteiger partial charge in [0.25, 0.3) is 0 Å². The molecule has 0 aliphatic carbocycles. The van der Waals surface area contributed by atoms with Gasteiger partial charge in [-0.25, -0.2) is 0 Å². The highest BCUT2D eigenvalue weighted by molar-refractivity contribution is 5.28. The minimum atomic E-state index is -0.613. The molecule has 2 aromatic rings. The highest BCUT2D eigenvalue weighted by Crippen LogP contribution is 2.18. The van der Waals surface area contributed by atoms with Crippen LogP contribution in [0.5, 0.6) is 5.75 Å². The Bertz CT molecular complexity index is 540. The minimum absolute atomic E-state index is 0.0369. The molecule has 0 amide bonds. The van der Waals surface area contributed by atoms with Gasteiger partial charge in [0.15, 0.2) is 5.43 Å². The van der Waals surface area contributed by atoms with Gasteiger partial charge in [0.1, 0.15) is 5.75 Å². The van der Waals surface area contributed by atoms with Crippen molar-refractivity contribution in [3.63, 3.8) is 0 Å². The first-order valence-corrected chi connectivity index (χ1v) is 5.67. The van der Waals surface area contributed by atoms with Crippen molar-refractivity contribution in [1.82, 2.24) is 4.57 Å². The van der Waals surface area contributed by atoms with Gasteiger partial charge >= 0.3 is 0 Å². The monoisotopic (exact) mass is 245 g/mol. The number of aliphatic hydroxyl groups is 1. The SMILES string of the molecule is COc1ccc(C(O)Cn2ccc(=O)cc2)cc1. The summed E-state index contributed by atoms with van der Waals surface area (Å²) in [6, 6.07) is 10.2. The normalized spacial score (nSPS) is 12.1. The van der Waals surface area contributed by atoms with Gasteiger partial charge in [-0.1, -0.05) is 12.1 Å². The molecular formula is C14H15NO3. The van der Waals surface area contributed by atoms with E-state index in [-0.39, 0.29) is 5.43 Å². The highest BCUT2D eigenvalue weighted by atomic mass is 16.5. The first-order valence-electron chi connectivity index (χ1n) is 5.67. The zero-order valence-electron chi connectivity index (χ0n) is 10.1. The van der Waals surface area contributed by atoms with Crippen molar-refractivity contribution in [1.29, 1.82) is 0 Å². The Morgan fingerprint density at radius 2 is 1.78 bits per heavy atom. The van der Waals surface area contributed by atoms with E-state index < -0.39 is 6.10 Å². The lowest BCUT2D eigenvalue weighted by atomic mass is 10.1. The molecule has 2 rings (SSSR count). The molecule has 18 heavy (non-hydrogen) atoms. The van der Waals surface area contributed by atoms with Crippen molar-refractivity contribution >= 4 is 0 Å². The number of ether oxygens (including phenoxy) is 1. The van der Waals surface area contributed by atoms with Crippen LogP contribution in [0.25, 0.3) is 0 Å². The molecule has 0 fully saturated rings. The lowest BCUT2D eigenvalue weighted by Gasteiger charge is -2.13. The highest BCUT2D eigenvalue weighted by Gasteiger charge is 2.07. The lowest BCUT2D eigenvalue weighted by Crippen LogP contribution is -2.10. The Morgan fingerprint density at radius 3 is 2.33 bits per heavy atom. The van der Waals surface area contributed by atoms with E-state index in [1.54, 1.807) is 24.1 Å². The number of nitrogens with zero attached hydrogens (tertiary/aromatic N) is 1. The number of pyridine rings is 1. The molecule has 0 bridgehead atoms. The molecule has 1 aromatic heterocycles. The van der Waals surface area contributed by atoms with E-state index in [1.807, 2.05) is 24.3 Å². The fraction of sp³-hybridized carbons (Fsp3) is 0.214. The van der Waals surface area contributed by atoms with Gasteiger partial charge in [-0.2, -0.15) is 0 Å². The van der Waals surface area contributed by atoms with Gasteiger partial charge in [0.05, 0.1) is 19.8 Å². The Labute approximate surface area is 105 Å². The second kappa shape index (κ2) is 5.51. The topological polar surface area (TPSA) is 51.5 Å². The van der Waals surface area contributed by atoms with Crippen LogP contribution in [0.2, 0.25) is 0 Å². The third-order valence-corrected chi connectivity index (χ3v) is 2.74. The minimum Gasteiger partial charge on any atom is -0.497 e. The van der Waals surface area contributed by atoms with Crippen LogP contribution in [0.15, 0.2) is 53.6 Å². The number of aliphatic hydroxyl groups excluding tert-OH is 1. The first-order chi connectivity index (χ1) is 8.69. The van der Waals surface area contributed by atoms with Crippen molar-refractivity contribution < 1.29 is 9.84 Å². The van der Waals surface area contributed by atoms with Crippen molar-refractivity contribution in [2.24, 2.45) is 0 Å². The van der Waals surface area contributed by atoms with Crippen LogP contribution >= 0.6 is 0 Å². The van der Waals surface area contributed by atoms with Crippen molar-refractivity contribution in [2.75, 3.05) is 7.11 Å². The fourth-order valence-corrected chi connectivity index (χ4v) is 1.70. The molecule has 4 nitrogen and oxygen atoms in total. The van der Waals surface area contributed by atoms with E-state index in [1.165, 1.54) is 12.1 Å². The largest absolute Gasteiger partial charge is 0.497 e. The Hall–Kier alpha value is -2.07. The maximum Gasteiger partial charge on any atom is 0.181 e. The van der Waals surface area contributed by atoms with Crippen LogP contribution in [0, 0.1) is 0 Å². The van der Waals surface area contributed by atoms with E-state index >= 15 is 0 Å². The molecule has 0 aliphatic rings. The molecule has 1 heterocycles. The molecule has 0 saturated carbocycles. The second-order valence-electron chi connectivity index (χ2n) is 4.02. The molecule has 1 N–H and O–H groups in total. The van der Waals surface area contributed by atoms with Crippen LogP contribution in [-0.4, -0.2) is 16.8 Å². The smallest absolute Gasteiger partial charge is 0.181 e. The number of hydrogen-bond donors (Lipinski definition) is 1. The summed E-state index contributed by atoms with van der Waals surface area (Å²) >= 11 is 0. The van der Waals surface area contributed by atoms with E-state index in [0.29, 0.717) is 6.54 Å². The summed E-state index contributed by atoms with van der Waals surface area (Å²) in [5, 5.41) is 10.1. The van der Waals surface area contributed by atoms with Crippen molar-refractivity contribution in [2.45, 2.75) is 12.6 Å². The Kier molecular flexibility index (Phi) is 3.79. The summed E-state index contributed by atoms with van der Waals surface area (Å²) in [7, 11) is 1.60. The molecule has 4 heteroatoms. The molecule has 1 atom stereocenters. The number of hydrogen-bond acceptors (Lipinski definition) is 3. The molecule has 0 saturated heterocycles. The second-order valence-corrected chi connectivity index (χ2v) is 4.02. The van der Waals surface area contributed by atoms with E-state index in [2.05, 4.69) is 0 Å². The Balaban J connectivity index is 2.08. The predicted octanol–water partition coefficient (Wildman–Crippen LogP) is 1.59. The maximum atomic E-state index is 11.0. The summed E-state index contributed by atoms with van der Waals surface area (Å²) in [4.78, 5) is 11.0. The number of methoxy groups -OCH3 is 1. The van der Waals surface area contributed by atoms with Gasteiger partial charge in [0, 0.05) is 24.5 Å². The van der Waals surface area contributed by atoms with Crippen LogP contribution in [0.4, 0.5) is 0 Å². The lowest BCUT2D eigenvalue weighted by molar-refractivity contribution is 0.156. The fourth-order valence-electron chi connectivity index (χ4n) is 1.70. The summed E-state index contributed by atoms with van der Waals surface area (Å²) in [6.07, 6.45) is 2.71. The molecule has 0 spiro atoms. The van der Waals surface area contributed by atoms with Crippen molar-refractivity contribution in [3.8, 4) is 5.75 Å². The summed E-state index contributed by atoms with van der Waals surface area (Å²) < 4.78 is 6.83. The predicted molar refractivity (Wildman–Crippen MR) is 68.7 cm³/mol. The number of aromatic nitrogens is 1. The zero-order valence-corrected chi connectivity index (χ0v) is 10.1. The van der Waals surface area contributed by atoms with Gasteiger partial charge < -0.3 is 14.4 Å². The van der Waals surface area contributed by atoms with Gasteiger partial charge in [-0.3, -0.25) is 4.79 Å². The quantitative estimate of drug-likeness (QED) is 0.890. The summed E-state index contributed by atoms with van der Waals surface area (Å²) in [5.41, 5.74) is 0.777. The van der Waals surface area contributed by atoms with Crippen LogP contribution in [0.1, 0.15) is 11.7 Å². The summed E-state index contributed by atoms with van der Waals surface area (Å²) in [6.45, 7) is 0.409. The average molecular weight is 245 g/mol. The van der Waals surface area contributed by atoms with E-state index in [4.69, 9.17) is 4.74 Å². The van der Waals surface area contributed by atoms with Crippen LogP contribution in [0.3, 0.4) is 0 Å². The van der Waals surface area contributed by atoms with Gasteiger partial charge in [-0.05, 0) is 17.7 Å². The molecule has 0 radical (unpaired) electrons. The van der Waals surface area contributed by atoms with Crippen LogP contribution < -0.4 is 10.2 Å². The first kappa shape index (κ1) is 12.4. The standard InChI is InChI=1S/C14H15NO3/c1-18-13-4-2-11(3-5-13)14(17)10-15-8-6-12(16)7-9-15/h2-9,14,17H,10H2,1H3. The molecule has 94 valence electrons. The summed E-state index contributed by atoms with van der Waals surface area (Å²) in [5.74, 6) is 0.759. The zero-order chi connectivity index (χ0) is 13.0. The number of benzene rings is 1. The van der Waals surface area contributed by atoms with Gasteiger partial charge in [0.2, 0.25) is 0 Å².